The molecule has 5 aromatic rings. The van der Waals surface area contributed by atoms with Gasteiger partial charge in [0.1, 0.15) is 11.5 Å². The van der Waals surface area contributed by atoms with E-state index in [2.05, 4.69) is 5.32 Å². The van der Waals surface area contributed by atoms with Crippen LogP contribution in [-0.4, -0.2) is 24.5 Å². The van der Waals surface area contributed by atoms with Crippen LogP contribution in [0.2, 0.25) is 0 Å². The zero-order chi connectivity index (χ0) is 26.8. The van der Waals surface area contributed by atoms with Crippen molar-refractivity contribution in [3.63, 3.8) is 0 Å². The largest absolute Gasteiger partial charge is 0.496 e. The van der Waals surface area contributed by atoms with Gasteiger partial charge in [-0.15, -0.1) is 0 Å². The third kappa shape index (κ3) is 4.32. The first kappa shape index (κ1) is 24.4. The number of rotatable bonds is 6. The molecule has 1 aliphatic heterocycles. The molecule has 0 fully saturated rings. The van der Waals surface area contributed by atoms with Gasteiger partial charge in [0.25, 0.3) is 5.91 Å². The van der Waals surface area contributed by atoms with Gasteiger partial charge in [-0.3, -0.25) is 4.79 Å². The Kier molecular flexibility index (Phi) is 6.33. The standard InChI is InChI=1S/C34H27NO4/c1-38-29-21-28-30(24-15-7-3-8-16-24)34(22-23-13-5-2-6-14-23,35-32(36)25-17-9-4-10-18-25)33(37)39-31(28)27-20-12-11-19-26(27)29/h2-21,30H,22H2,1H3,(H,35,36)/t30-,34-/m0/s1. The molecule has 0 saturated heterocycles. The summed E-state index contributed by atoms with van der Waals surface area (Å²) in [5, 5.41) is 4.80. The van der Waals surface area contributed by atoms with E-state index in [9.17, 15) is 9.59 Å². The van der Waals surface area contributed by atoms with E-state index in [1.165, 1.54) is 0 Å². The van der Waals surface area contributed by atoms with Crippen molar-refractivity contribution < 1.29 is 19.1 Å². The highest BCUT2D eigenvalue weighted by atomic mass is 16.5. The summed E-state index contributed by atoms with van der Waals surface area (Å²) < 4.78 is 12.0. The third-order valence-electron chi connectivity index (χ3n) is 7.40. The first-order valence-electron chi connectivity index (χ1n) is 12.9. The quantitative estimate of drug-likeness (QED) is 0.213. The molecule has 0 bridgehead atoms. The number of methoxy groups -OCH3 is 1. The predicted molar refractivity (Wildman–Crippen MR) is 151 cm³/mol. The second kappa shape index (κ2) is 10.1. The number of carbonyl (C=O) groups is 2. The fourth-order valence-electron chi connectivity index (χ4n) is 5.63. The second-order valence-electron chi connectivity index (χ2n) is 9.73. The maximum atomic E-state index is 14.4. The van der Waals surface area contributed by atoms with Crippen molar-refractivity contribution in [1.82, 2.24) is 5.32 Å². The molecule has 5 aromatic carbocycles. The SMILES string of the molecule is COc1cc2c(c3ccccc13)OC(=O)[C@@](Cc1ccccc1)(NC(=O)c1ccccc1)[C@H]2c1ccccc1. The topological polar surface area (TPSA) is 64.6 Å². The zero-order valence-electron chi connectivity index (χ0n) is 21.5. The zero-order valence-corrected chi connectivity index (χ0v) is 21.5. The lowest BCUT2D eigenvalue weighted by molar-refractivity contribution is -0.143. The van der Waals surface area contributed by atoms with Gasteiger partial charge in [-0.1, -0.05) is 103 Å². The molecular weight excluding hydrogens is 486 g/mol. The molecule has 6 rings (SSSR count). The number of esters is 1. The summed E-state index contributed by atoms with van der Waals surface area (Å²) in [6.45, 7) is 0. The molecule has 5 heteroatoms. The van der Waals surface area contributed by atoms with Gasteiger partial charge in [0.05, 0.1) is 7.11 Å². The molecule has 1 heterocycles. The number of hydrogen-bond acceptors (Lipinski definition) is 4. The molecule has 0 radical (unpaired) electrons. The van der Waals surface area contributed by atoms with Crippen molar-refractivity contribution in [1.29, 1.82) is 0 Å². The number of nitrogens with one attached hydrogen (secondary N) is 1. The van der Waals surface area contributed by atoms with Crippen molar-refractivity contribution >= 4 is 22.6 Å². The van der Waals surface area contributed by atoms with E-state index in [1.807, 2.05) is 97.1 Å². The highest BCUT2D eigenvalue weighted by Gasteiger charge is 2.54. The Balaban J connectivity index is 1.63. The molecular formula is C34H27NO4. The number of ether oxygens (including phenoxy) is 2. The van der Waals surface area contributed by atoms with Crippen LogP contribution in [-0.2, 0) is 11.2 Å². The highest BCUT2D eigenvalue weighted by Crippen LogP contribution is 2.50. The van der Waals surface area contributed by atoms with E-state index >= 15 is 0 Å². The van der Waals surface area contributed by atoms with E-state index in [0.717, 1.165) is 27.5 Å². The Labute approximate surface area is 227 Å². The summed E-state index contributed by atoms with van der Waals surface area (Å²) in [6.07, 6.45) is 0.236. The van der Waals surface area contributed by atoms with Crippen molar-refractivity contribution in [2.45, 2.75) is 17.9 Å². The van der Waals surface area contributed by atoms with Crippen LogP contribution in [0.15, 0.2) is 121 Å². The lowest BCUT2D eigenvalue weighted by Gasteiger charge is -2.44. The van der Waals surface area contributed by atoms with Gasteiger partial charge in [-0.05, 0) is 29.3 Å². The van der Waals surface area contributed by atoms with E-state index in [0.29, 0.717) is 17.1 Å². The van der Waals surface area contributed by atoms with Crippen LogP contribution in [0.3, 0.4) is 0 Å². The van der Waals surface area contributed by atoms with Crippen LogP contribution in [0.25, 0.3) is 10.8 Å². The predicted octanol–water partition coefficient (Wildman–Crippen LogP) is 6.31. The number of benzene rings is 5. The second-order valence-corrected chi connectivity index (χ2v) is 9.73. The maximum absolute atomic E-state index is 14.4. The molecule has 1 N–H and O–H groups in total. The normalized spacial score (nSPS) is 18.2. The molecule has 0 saturated carbocycles. The first-order valence-corrected chi connectivity index (χ1v) is 12.9. The molecule has 2 atom stereocenters. The van der Waals surface area contributed by atoms with Crippen molar-refractivity contribution in [2.75, 3.05) is 7.11 Å². The third-order valence-corrected chi connectivity index (χ3v) is 7.40. The molecule has 1 amide bonds. The van der Waals surface area contributed by atoms with Crippen molar-refractivity contribution in [2.24, 2.45) is 0 Å². The van der Waals surface area contributed by atoms with E-state index in [1.54, 1.807) is 31.4 Å². The Morgan fingerprint density at radius 1 is 0.821 bits per heavy atom. The Morgan fingerprint density at radius 2 is 1.41 bits per heavy atom. The average Bonchev–Trinajstić information content (AvgIpc) is 2.99. The summed E-state index contributed by atoms with van der Waals surface area (Å²) in [7, 11) is 1.63. The molecule has 0 aliphatic carbocycles. The summed E-state index contributed by atoms with van der Waals surface area (Å²) in [4.78, 5) is 28.1. The lowest BCUT2D eigenvalue weighted by atomic mass is 9.69. The number of fused-ring (bicyclic) bond motifs is 3. The molecule has 0 aromatic heterocycles. The fourth-order valence-corrected chi connectivity index (χ4v) is 5.63. The van der Waals surface area contributed by atoms with E-state index in [-0.39, 0.29) is 12.3 Å². The van der Waals surface area contributed by atoms with Gasteiger partial charge >= 0.3 is 5.97 Å². The van der Waals surface area contributed by atoms with Crippen LogP contribution in [0.1, 0.15) is 33.0 Å². The van der Waals surface area contributed by atoms with Crippen molar-refractivity contribution in [3.8, 4) is 11.5 Å². The van der Waals surface area contributed by atoms with E-state index < -0.39 is 17.4 Å². The first-order chi connectivity index (χ1) is 19.1. The minimum atomic E-state index is -1.43. The molecule has 39 heavy (non-hydrogen) atoms. The Morgan fingerprint density at radius 3 is 2.08 bits per heavy atom. The van der Waals surface area contributed by atoms with Gasteiger partial charge in [-0.2, -0.15) is 0 Å². The number of amides is 1. The Bertz CT molecular complexity index is 1650. The summed E-state index contributed by atoms with van der Waals surface area (Å²) in [5.41, 5.74) is 1.60. The van der Waals surface area contributed by atoms with Crippen LogP contribution in [0.4, 0.5) is 0 Å². The molecule has 192 valence electrons. The minimum Gasteiger partial charge on any atom is -0.496 e. The monoisotopic (exact) mass is 513 g/mol. The lowest BCUT2D eigenvalue weighted by Crippen LogP contribution is -2.63. The van der Waals surface area contributed by atoms with Gasteiger partial charge in [0.15, 0.2) is 5.54 Å². The molecule has 0 spiro atoms. The molecule has 1 aliphatic rings. The van der Waals surface area contributed by atoms with Crippen LogP contribution in [0.5, 0.6) is 11.5 Å². The molecule has 5 nitrogen and oxygen atoms in total. The number of hydrogen-bond donors (Lipinski definition) is 1. The average molecular weight is 514 g/mol. The van der Waals surface area contributed by atoms with Crippen LogP contribution < -0.4 is 14.8 Å². The molecule has 0 unspecified atom stereocenters. The van der Waals surface area contributed by atoms with Gasteiger partial charge in [0.2, 0.25) is 0 Å². The van der Waals surface area contributed by atoms with Crippen LogP contribution in [0, 0.1) is 0 Å². The van der Waals surface area contributed by atoms with E-state index in [4.69, 9.17) is 9.47 Å². The Hall–Kier alpha value is -4.90. The van der Waals surface area contributed by atoms with Gasteiger partial charge in [-0.25, -0.2) is 4.79 Å². The van der Waals surface area contributed by atoms with Gasteiger partial charge < -0.3 is 14.8 Å². The van der Waals surface area contributed by atoms with Crippen molar-refractivity contribution in [3.05, 3.63) is 144 Å². The van der Waals surface area contributed by atoms with Gasteiger partial charge in [0, 0.05) is 34.2 Å². The summed E-state index contributed by atoms with van der Waals surface area (Å²) in [5.74, 6) is -0.247. The minimum absolute atomic E-state index is 0.236. The maximum Gasteiger partial charge on any atom is 0.338 e. The smallest absolute Gasteiger partial charge is 0.338 e. The highest BCUT2D eigenvalue weighted by molar-refractivity contribution is 6.03. The summed E-state index contributed by atoms with van der Waals surface area (Å²) in [6, 6.07) is 38.1. The number of carbonyl (C=O) groups excluding carboxylic acids is 2. The van der Waals surface area contributed by atoms with Crippen LogP contribution >= 0.6 is 0 Å². The fraction of sp³-hybridized carbons (Fsp3) is 0.118. The summed E-state index contributed by atoms with van der Waals surface area (Å²) >= 11 is 0.